The van der Waals surface area contributed by atoms with E-state index in [1.165, 1.54) is 4.90 Å². The normalized spacial score (nSPS) is 19.3. The zero-order valence-corrected chi connectivity index (χ0v) is 13.7. The molecular formula is C14H17F3N2O4S. The van der Waals surface area contributed by atoms with Gasteiger partial charge in [0.15, 0.2) is 0 Å². The van der Waals surface area contributed by atoms with E-state index in [9.17, 15) is 26.4 Å². The van der Waals surface area contributed by atoms with E-state index in [4.69, 9.17) is 4.74 Å². The number of nitrogens with one attached hydrogen (secondary N) is 1. The number of alkyl halides is 3. The van der Waals surface area contributed by atoms with Crippen molar-refractivity contribution in [2.75, 3.05) is 26.2 Å². The fraction of sp³-hybridized carbons (Fsp3) is 0.500. The molecular weight excluding hydrogens is 349 g/mol. The Kier molecular flexibility index (Phi) is 5.51. The number of ether oxygens (including phenoxy) is 1. The molecule has 0 spiro atoms. The van der Waals surface area contributed by atoms with Crippen LogP contribution >= 0.6 is 0 Å². The van der Waals surface area contributed by atoms with E-state index in [0.29, 0.717) is 25.8 Å². The minimum Gasteiger partial charge on any atom is -0.375 e. The molecule has 1 aliphatic rings. The van der Waals surface area contributed by atoms with Gasteiger partial charge in [0.05, 0.1) is 29.7 Å². The summed E-state index contributed by atoms with van der Waals surface area (Å²) in [5.41, 5.74) is -1.07. The summed E-state index contributed by atoms with van der Waals surface area (Å²) in [7, 11) is -4.22. The Hall–Kier alpha value is -1.65. The van der Waals surface area contributed by atoms with E-state index in [-0.39, 0.29) is 6.10 Å². The highest BCUT2D eigenvalue weighted by atomic mass is 32.2. The molecule has 2 rings (SSSR count). The number of morpholine rings is 1. The molecule has 0 aromatic heterocycles. The summed E-state index contributed by atoms with van der Waals surface area (Å²) < 4.78 is 69.5. The van der Waals surface area contributed by atoms with Crippen molar-refractivity contribution < 1.29 is 31.1 Å². The number of sulfonamides is 1. The van der Waals surface area contributed by atoms with Gasteiger partial charge in [-0.15, -0.1) is 0 Å². The van der Waals surface area contributed by atoms with Gasteiger partial charge in [-0.25, -0.2) is 13.1 Å². The quantitative estimate of drug-likeness (QED) is 0.870. The Bertz CT molecular complexity index is 706. The van der Waals surface area contributed by atoms with Crippen molar-refractivity contribution in [1.82, 2.24) is 9.62 Å². The van der Waals surface area contributed by atoms with Crippen LogP contribution in [0.25, 0.3) is 0 Å². The largest absolute Gasteiger partial charge is 0.416 e. The number of hydrogen-bond acceptors (Lipinski definition) is 4. The summed E-state index contributed by atoms with van der Waals surface area (Å²) in [6, 6.07) is 3.35. The first kappa shape index (κ1) is 18.7. The molecule has 0 bridgehead atoms. The zero-order valence-electron chi connectivity index (χ0n) is 12.8. The van der Waals surface area contributed by atoms with Crippen LogP contribution in [0.15, 0.2) is 29.2 Å². The molecule has 6 nitrogen and oxygen atoms in total. The lowest BCUT2D eigenvalue weighted by atomic mass is 10.2. The second-order valence-corrected chi connectivity index (χ2v) is 7.14. The summed E-state index contributed by atoms with van der Waals surface area (Å²) in [6.07, 6.45) is -4.80. The topological polar surface area (TPSA) is 75.7 Å². The van der Waals surface area contributed by atoms with Crippen LogP contribution in [0, 0.1) is 0 Å². The van der Waals surface area contributed by atoms with Crippen LogP contribution in [0.4, 0.5) is 13.2 Å². The van der Waals surface area contributed by atoms with E-state index in [1.807, 2.05) is 4.72 Å². The number of carbonyl (C=O) groups excluding carboxylic acids is 1. The van der Waals surface area contributed by atoms with Crippen LogP contribution in [0.1, 0.15) is 12.5 Å². The van der Waals surface area contributed by atoms with Crippen LogP contribution in [0.5, 0.6) is 0 Å². The number of hydrogen-bond donors (Lipinski definition) is 1. The van der Waals surface area contributed by atoms with Crippen LogP contribution in [0.2, 0.25) is 0 Å². The summed E-state index contributed by atoms with van der Waals surface area (Å²) >= 11 is 0. The van der Waals surface area contributed by atoms with Crippen molar-refractivity contribution in [2.45, 2.75) is 24.1 Å². The van der Waals surface area contributed by atoms with Gasteiger partial charge in [-0.05, 0) is 25.1 Å². The summed E-state index contributed by atoms with van der Waals surface area (Å²) in [5.74, 6) is -0.458. The molecule has 1 aromatic rings. The molecule has 1 fully saturated rings. The number of rotatable bonds is 4. The SMILES string of the molecule is CC1CN(C(=O)CNS(=O)(=O)c2cccc(C(F)(F)F)c2)CCO1. The number of carbonyl (C=O) groups is 1. The predicted molar refractivity (Wildman–Crippen MR) is 78.6 cm³/mol. The van der Waals surface area contributed by atoms with Crippen molar-refractivity contribution in [3.63, 3.8) is 0 Å². The highest BCUT2D eigenvalue weighted by Gasteiger charge is 2.32. The molecule has 10 heteroatoms. The van der Waals surface area contributed by atoms with E-state index in [2.05, 4.69) is 0 Å². The minimum atomic E-state index is -4.65. The molecule has 1 aromatic carbocycles. The number of benzene rings is 1. The van der Waals surface area contributed by atoms with Crippen molar-refractivity contribution in [3.05, 3.63) is 29.8 Å². The fourth-order valence-corrected chi connectivity index (χ4v) is 3.26. The zero-order chi connectivity index (χ0) is 18.0. The summed E-state index contributed by atoms with van der Waals surface area (Å²) in [5, 5.41) is 0. The average molecular weight is 366 g/mol. The van der Waals surface area contributed by atoms with Gasteiger partial charge in [-0.1, -0.05) is 6.07 Å². The van der Waals surface area contributed by atoms with Crippen LogP contribution in [0.3, 0.4) is 0 Å². The Morgan fingerprint density at radius 2 is 2.12 bits per heavy atom. The van der Waals surface area contributed by atoms with Gasteiger partial charge in [0.2, 0.25) is 15.9 Å². The molecule has 0 aliphatic carbocycles. The third-order valence-electron chi connectivity index (χ3n) is 3.48. The van der Waals surface area contributed by atoms with E-state index < -0.39 is 39.1 Å². The van der Waals surface area contributed by atoms with Crippen LogP contribution < -0.4 is 4.72 Å². The third kappa shape index (κ3) is 4.68. The highest BCUT2D eigenvalue weighted by molar-refractivity contribution is 7.89. The van der Waals surface area contributed by atoms with E-state index in [0.717, 1.165) is 18.2 Å². The van der Waals surface area contributed by atoms with Gasteiger partial charge in [0.25, 0.3) is 0 Å². The standard InChI is InChI=1S/C14H17F3N2O4S/c1-10-9-19(5-6-23-10)13(20)8-18-24(21,22)12-4-2-3-11(7-12)14(15,16)17/h2-4,7,10,18H,5-6,8-9H2,1H3. The van der Waals surface area contributed by atoms with E-state index >= 15 is 0 Å². The first-order chi connectivity index (χ1) is 11.1. The Balaban J connectivity index is 2.05. The number of halogens is 3. The summed E-state index contributed by atoms with van der Waals surface area (Å²) in [4.78, 5) is 12.9. The second-order valence-electron chi connectivity index (χ2n) is 5.37. The van der Waals surface area contributed by atoms with Crippen molar-refractivity contribution in [2.24, 2.45) is 0 Å². The Labute approximate surface area is 137 Å². The molecule has 1 N–H and O–H groups in total. The molecule has 1 aliphatic heterocycles. The summed E-state index contributed by atoms with van der Waals surface area (Å²) in [6.45, 7) is 2.30. The third-order valence-corrected chi connectivity index (χ3v) is 4.88. The van der Waals surface area contributed by atoms with Gasteiger partial charge >= 0.3 is 6.18 Å². The Morgan fingerprint density at radius 3 is 2.75 bits per heavy atom. The molecule has 0 radical (unpaired) electrons. The van der Waals surface area contributed by atoms with Crippen molar-refractivity contribution in [1.29, 1.82) is 0 Å². The van der Waals surface area contributed by atoms with Crippen LogP contribution in [-0.2, 0) is 25.7 Å². The maximum Gasteiger partial charge on any atom is 0.416 e. The van der Waals surface area contributed by atoms with Gasteiger partial charge < -0.3 is 9.64 Å². The average Bonchev–Trinajstić information content (AvgIpc) is 2.52. The molecule has 1 heterocycles. The lowest BCUT2D eigenvalue weighted by molar-refractivity contribution is -0.138. The minimum absolute atomic E-state index is 0.150. The lowest BCUT2D eigenvalue weighted by Gasteiger charge is -2.31. The maximum absolute atomic E-state index is 12.7. The molecule has 0 saturated carbocycles. The highest BCUT2D eigenvalue weighted by Crippen LogP contribution is 2.30. The molecule has 134 valence electrons. The second kappa shape index (κ2) is 7.08. The number of nitrogens with zero attached hydrogens (tertiary/aromatic N) is 1. The van der Waals surface area contributed by atoms with E-state index in [1.54, 1.807) is 6.92 Å². The fourth-order valence-electron chi connectivity index (χ4n) is 2.24. The van der Waals surface area contributed by atoms with Gasteiger partial charge in [0, 0.05) is 13.1 Å². The lowest BCUT2D eigenvalue weighted by Crippen LogP contribution is -2.48. The predicted octanol–water partition coefficient (Wildman–Crippen LogP) is 1.23. The van der Waals surface area contributed by atoms with Gasteiger partial charge in [-0.3, -0.25) is 4.79 Å². The van der Waals surface area contributed by atoms with Crippen molar-refractivity contribution in [3.8, 4) is 0 Å². The molecule has 1 unspecified atom stereocenters. The first-order valence-electron chi connectivity index (χ1n) is 7.16. The molecule has 24 heavy (non-hydrogen) atoms. The van der Waals surface area contributed by atoms with Crippen molar-refractivity contribution >= 4 is 15.9 Å². The molecule has 1 atom stereocenters. The maximum atomic E-state index is 12.7. The molecule has 1 saturated heterocycles. The van der Waals surface area contributed by atoms with Gasteiger partial charge in [0.1, 0.15) is 0 Å². The monoisotopic (exact) mass is 366 g/mol. The molecule has 1 amide bonds. The first-order valence-corrected chi connectivity index (χ1v) is 8.64. The van der Waals surface area contributed by atoms with Gasteiger partial charge in [-0.2, -0.15) is 13.2 Å². The van der Waals surface area contributed by atoms with Crippen LogP contribution in [-0.4, -0.2) is 51.6 Å². The Morgan fingerprint density at radius 1 is 1.42 bits per heavy atom. The smallest absolute Gasteiger partial charge is 0.375 e. The number of amides is 1.